The van der Waals surface area contributed by atoms with Gasteiger partial charge in [-0.3, -0.25) is 0 Å². The fourth-order valence-electron chi connectivity index (χ4n) is 2.47. The Morgan fingerprint density at radius 1 is 1.50 bits per heavy atom. The van der Waals surface area contributed by atoms with Crippen LogP contribution in [0.4, 0.5) is 11.5 Å². The lowest BCUT2D eigenvalue weighted by Crippen LogP contribution is -2.34. The zero-order valence-electron chi connectivity index (χ0n) is 10.3. The molecule has 2 heterocycles. The highest BCUT2D eigenvalue weighted by Crippen LogP contribution is 2.29. The van der Waals surface area contributed by atoms with Gasteiger partial charge in [0.05, 0.1) is 0 Å². The summed E-state index contributed by atoms with van der Waals surface area (Å²) in [5.41, 5.74) is 6.19. The molecule has 2 rings (SSSR count). The highest BCUT2D eigenvalue weighted by molar-refractivity contribution is 5.59. The number of hydrogen-bond donors (Lipinski definition) is 1. The quantitative estimate of drug-likeness (QED) is 0.647. The summed E-state index contributed by atoms with van der Waals surface area (Å²) in [6, 6.07) is 3.52. The highest BCUT2D eigenvalue weighted by atomic mass is 16.6. The molecular weight excluding hydrogens is 232 g/mol. The average Bonchev–Trinajstić information content (AvgIpc) is 2.40. The van der Waals surface area contributed by atoms with Crippen LogP contribution in [0.15, 0.2) is 18.3 Å². The van der Waals surface area contributed by atoms with E-state index in [9.17, 15) is 10.1 Å². The normalized spacial score (nSPS) is 16.8. The van der Waals surface area contributed by atoms with Gasteiger partial charge in [0, 0.05) is 13.1 Å². The molecule has 1 aliphatic heterocycles. The van der Waals surface area contributed by atoms with Crippen LogP contribution in [0.2, 0.25) is 0 Å². The van der Waals surface area contributed by atoms with Gasteiger partial charge in [-0.25, -0.2) is 0 Å². The van der Waals surface area contributed by atoms with Crippen LogP contribution >= 0.6 is 0 Å². The van der Waals surface area contributed by atoms with Gasteiger partial charge in [-0.15, -0.1) is 0 Å². The van der Waals surface area contributed by atoms with Crippen molar-refractivity contribution < 1.29 is 4.92 Å². The van der Waals surface area contributed by atoms with Gasteiger partial charge in [-0.2, -0.15) is 0 Å². The Morgan fingerprint density at radius 3 is 2.83 bits per heavy atom. The van der Waals surface area contributed by atoms with Crippen LogP contribution in [0.5, 0.6) is 0 Å². The first-order chi connectivity index (χ1) is 8.72. The predicted molar refractivity (Wildman–Crippen MR) is 69.5 cm³/mol. The van der Waals surface area contributed by atoms with Crippen molar-refractivity contribution in [3.8, 4) is 0 Å². The van der Waals surface area contributed by atoms with E-state index < -0.39 is 4.92 Å². The predicted octanol–water partition coefficient (Wildman–Crippen LogP) is 1.56. The van der Waals surface area contributed by atoms with Crippen molar-refractivity contribution in [3.63, 3.8) is 0 Å². The highest BCUT2D eigenvalue weighted by Gasteiger charge is 2.24. The summed E-state index contributed by atoms with van der Waals surface area (Å²) in [7, 11) is 0. The minimum Gasteiger partial charge on any atom is -0.365 e. The van der Waals surface area contributed by atoms with E-state index in [0.29, 0.717) is 11.6 Å². The second kappa shape index (κ2) is 5.77. The summed E-state index contributed by atoms with van der Waals surface area (Å²) in [5.74, 6) is 0.608. The van der Waals surface area contributed by atoms with Crippen molar-refractivity contribution >= 4 is 11.5 Å². The number of aromatic nitrogens is 1. The molecule has 0 unspecified atom stereocenters. The molecular formula is C12H18N4O2. The van der Waals surface area contributed by atoms with Gasteiger partial charge in [-0.05, 0) is 53.8 Å². The van der Waals surface area contributed by atoms with E-state index >= 15 is 0 Å². The van der Waals surface area contributed by atoms with Gasteiger partial charge in [0.2, 0.25) is 0 Å². The molecule has 0 aliphatic carbocycles. The number of hydrogen-bond acceptors (Lipinski definition) is 5. The number of nitro groups is 1. The zero-order valence-corrected chi connectivity index (χ0v) is 10.3. The number of pyridine rings is 1. The Bertz CT molecular complexity index is 416. The van der Waals surface area contributed by atoms with Crippen molar-refractivity contribution in [2.75, 3.05) is 24.5 Å². The Kier molecular flexibility index (Phi) is 4.09. The summed E-state index contributed by atoms with van der Waals surface area (Å²) < 4.78 is 0. The van der Waals surface area contributed by atoms with Crippen LogP contribution in [0.3, 0.4) is 0 Å². The lowest BCUT2D eigenvalue weighted by molar-refractivity contribution is -0.388. The van der Waals surface area contributed by atoms with E-state index in [0.717, 1.165) is 38.9 Å². The summed E-state index contributed by atoms with van der Waals surface area (Å²) in [4.78, 5) is 16.4. The third-order valence-corrected chi connectivity index (χ3v) is 3.47. The molecule has 6 nitrogen and oxygen atoms in total. The number of nitrogens with two attached hydrogens (primary N) is 1. The first-order valence-corrected chi connectivity index (χ1v) is 6.26. The largest absolute Gasteiger partial charge is 0.387 e. The summed E-state index contributed by atoms with van der Waals surface area (Å²) in [6.45, 7) is 2.41. The molecule has 0 radical (unpaired) electrons. The molecule has 1 aromatic heterocycles. The smallest absolute Gasteiger partial charge is 0.365 e. The third-order valence-electron chi connectivity index (χ3n) is 3.47. The minimum absolute atomic E-state index is 0.0465. The second-order valence-corrected chi connectivity index (χ2v) is 4.61. The van der Waals surface area contributed by atoms with E-state index in [4.69, 9.17) is 5.73 Å². The van der Waals surface area contributed by atoms with Gasteiger partial charge < -0.3 is 20.7 Å². The fraction of sp³-hybridized carbons (Fsp3) is 0.583. The molecule has 2 N–H and O–H groups in total. The van der Waals surface area contributed by atoms with Gasteiger partial charge in [0.15, 0.2) is 0 Å². The molecule has 0 saturated carbocycles. The molecule has 18 heavy (non-hydrogen) atoms. The molecule has 0 bridgehead atoms. The summed E-state index contributed by atoms with van der Waals surface area (Å²) >= 11 is 0. The molecule has 6 heteroatoms. The molecule has 1 aromatic rings. The minimum atomic E-state index is -0.415. The van der Waals surface area contributed by atoms with Crippen molar-refractivity contribution in [2.45, 2.75) is 19.3 Å². The van der Waals surface area contributed by atoms with Crippen molar-refractivity contribution in [1.29, 1.82) is 0 Å². The zero-order chi connectivity index (χ0) is 13.0. The summed E-state index contributed by atoms with van der Waals surface area (Å²) in [6.07, 6.45) is 4.60. The molecule has 1 aliphatic rings. The maximum absolute atomic E-state index is 10.9. The Morgan fingerprint density at radius 2 is 2.22 bits per heavy atom. The Hall–Kier alpha value is -1.69. The third kappa shape index (κ3) is 2.76. The fourth-order valence-corrected chi connectivity index (χ4v) is 2.47. The average molecular weight is 250 g/mol. The van der Waals surface area contributed by atoms with E-state index in [1.165, 1.54) is 6.20 Å². The Balaban J connectivity index is 2.07. The standard InChI is InChI=1S/C12H18N4O2/c13-6-3-10-4-8-15(9-5-10)11-2-1-7-14-12(11)16(17)18/h1-2,7,10H,3-6,8-9,13H2. The second-order valence-electron chi connectivity index (χ2n) is 4.61. The first-order valence-electron chi connectivity index (χ1n) is 6.26. The number of piperidine rings is 1. The van der Waals surface area contributed by atoms with E-state index in [2.05, 4.69) is 9.88 Å². The summed E-state index contributed by atoms with van der Waals surface area (Å²) in [5, 5.41) is 10.9. The van der Waals surface area contributed by atoms with Crippen molar-refractivity contribution in [1.82, 2.24) is 4.98 Å². The maximum atomic E-state index is 10.9. The maximum Gasteiger partial charge on any atom is 0.387 e. The van der Waals surface area contributed by atoms with Crippen molar-refractivity contribution in [2.24, 2.45) is 11.7 Å². The molecule has 98 valence electrons. The van der Waals surface area contributed by atoms with Crippen LogP contribution in [0, 0.1) is 16.0 Å². The monoisotopic (exact) mass is 250 g/mol. The molecule has 0 amide bonds. The Labute approximate surface area is 106 Å². The van der Waals surface area contributed by atoms with Crippen molar-refractivity contribution in [3.05, 3.63) is 28.4 Å². The number of nitrogens with zero attached hydrogens (tertiary/aromatic N) is 3. The SMILES string of the molecule is NCCC1CCN(c2cccnc2[N+](=O)[O-])CC1. The number of anilines is 1. The molecule has 1 fully saturated rings. The van der Waals surface area contributed by atoms with Gasteiger partial charge in [-0.1, -0.05) is 0 Å². The van der Waals surface area contributed by atoms with Gasteiger partial charge >= 0.3 is 5.82 Å². The first kappa shape index (κ1) is 12.8. The number of rotatable bonds is 4. The van der Waals surface area contributed by atoms with Crippen LogP contribution in [-0.4, -0.2) is 29.5 Å². The molecule has 1 saturated heterocycles. The van der Waals surface area contributed by atoms with Crippen LogP contribution < -0.4 is 10.6 Å². The molecule has 0 spiro atoms. The topological polar surface area (TPSA) is 85.3 Å². The van der Waals surface area contributed by atoms with Gasteiger partial charge in [0.1, 0.15) is 11.9 Å². The van der Waals surface area contributed by atoms with Gasteiger partial charge in [0.25, 0.3) is 0 Å². The lowest BCUT2D eigenvalue weighted by Gasteiger charge is -2.32. The van der Waals surface area contributed by atoms with Crippen LogP contribution in [0.25, 0.3) is 0 Å². The van der Waals surface area contributed by atoms with Crippen LogP contribution in [0.1, 0.15) is 19.3 Å². The molecule has 0 aromatic carbocycles. The van der Waals surface area contributed by atoms with Crippen LogP contribution in [-0.2, 0) is 0 Å². The van der Waals surface area contributed by atoms with E-state index in [-0.39, 0.29) is 5.82 Å². The van der Waals surface area contributed by atoms with E-state index in [1.54, 1.807) is 12.1 Å². The molecule has 0 atom stereocenters. The van der Waals surface area contributed by atoms with E-state index in [1.807, 2.05) is 0 Å². The lowest BCUT2D eigenvalue weighted by atomic mass is 9.93.